The van der Waals surface area contributed by atoms with Crippen LogP contribution in [-0.4, -0.2) is 69.3 Å². The van der Waals surface area contributed by atoms with Gasteiger partial charge in [0.25, 0.3) is 5.91 Å². The molecule has 3 rings (SSSR count). The topological polar surface area (TPSA) is 114 Å². The fourth-order valence-electron chi connectivity index (χ4n) is 3.13. The molecule has 3 heterocycles. The third-order valence-electron chi connectivity index (χ3n) is 4.39. The van der Waals surface area contributed by atoms with Gasteiger partial charge < -0.3 is 9.42 Å². The lowest BCUT2D eigenvalue weighted by Crippen LogP contribution is -2.38. The number of hydrogen-bond acceptors (Lipinski definition) is 7. The first-order valence-corrected chi connectivity index (χ1v) is 10.2. The molecule has 2 aromatic rings. The van der Waals surface area contributed by atoms with Crippen LogP contribution in [0.15, 0.2) is 16.8 Å². The van der Waals surface area contributed by atoms with Gasteiger partial charge in [0.1, 0.15) is 11.7 Å². The summed E-state index contributed by atoms with van der Waals surface area (Å²) in [5.41, 5.74) is 0.491. The van der Waals surface area contributed by atoms with Gasteiger partial charge in [0, 0.05) is 32.4 Å². The molecule has 2 aromatic heterocycles. The van der Waals surface area contributed by atoms with Gasteiger partial charge in [-0.25, -0.2) is 8.42 Å². The zero-order valence-electron chi connectivity index (χ0n) is 15.0. The molecule has 1 aliphatic heterocycles. The predicted molar refractivity (Wildman–Crippen MR) is 91.7 cm³/mol. The maximum absolute atomic E-state index is 12.8. The number of aromatic nitrogens is 4. The number of sulfonamides is 1. The van der Waals surface area contributed by atoms with E-state index in [0.29, 0.717) is 31.0 Å². The highest BCUT2D eigenvalue weighted by atomic mass is 32.2. The van der Waals surface area contributed by atoms with Gasteiger partial charge in [-0.1, -0.05) is 5.16 Å². The summed E-state index contributed by atoms with van der Waals surface area (Å²) in [6, 6.07) is 1.09. The largest absolute Gasteiger partial charge is 0.338 e. The van der Waals surface area contributed by atoms with E-state index in [1.807, 2.05) is 6.92 Å². The molecule has 1 atom stereocenters. The Bertz CT molecular complexity index is 890. The van der Waals surface area contributed by atoms with E-state index in [1.54, 1.807) is 28.8 Å². The summed E-state index contributed by atoms with van der Waals surface area (Å²) in [4.78, 5) is 18.7. The van der Waals surface area contributed by atoms with Crippen LogP contribution in [0.3, 0.4) is 0 Å². The van der Waals surface area contributed by atoms with Crippen LogP contribution in [0.2, 0.25) is 0 Å². The van der Waals surface area contributed by atoms with E-state index in [4.69, 9.17) is 4.52 Å². The SMILES string of the molecule is CCn1nccc1C(=O)N1CCC(c2nc(C)no2)N(S(C)(=O)=O)CC1. The molecule has 0 N–H and O–H groups in total. The lowest BCUT2D eigenvalue weighted by molar-refractivity contribution is 0.0751. The fraction of sp³-hybridized carbons (Fsp3) is 0.600. The molecule has 1 aliphatic rings. The first kappa shape index (κ1) is 18.5. The molecular formula is C15H22N6O4S. The van der Waals surface area contributed by atoms with E-state index in [0.717, 1.165) is 6.26 Å². The molecule has 0 aliphatic carbocycles. The molecule has 1 saturated heterocycles. The number of carbonyl (C=O) groups is 1. The minimum Gasteiger partial charge on any atom is -0.338 e. The molecule has 142 valence electrons. The van der Waals surface area contributed by atoms with Crippen LogP contribution in [0.4, 0.5) is 0 Å². The number of carbonyl (C=O) groups excluding carboxylic acids is 1. The highest BCUT2D eigenvalue weighted by Gasteiger charge is 2.36. The maximum Gasteiger partial charge on any atom is 0.272 e. The molecule has 26 heavy (non-hydrogen) atoms. The van der Waals surface area contributed by atoms with Gasteiger partial charge in [0.15, 0.2) is 5.82 Å². The van der Waals surface area contributed by atoms with Crippen molar-refractivity contribution in [3.63, 3.8) is 0 Å². The van der Waals surface area contributed by atoms with Crippen molar-refractivity contribution in [2.75, 3.05) is 25.9 Å². The van der Waals surface area contributed by atoms with Gasteiger partial charge in [-0.05, 0) is 26.3 Å². The van der Waals surface area contributed by atoms with E-state index in [2.05, 4.69) is 15.2 Å². The quantitative estimate of drug-likeness (QED) is 0.754. The van der Waals surface area contributed by atoms with Crippen LogP contribution >= 0.6 is 0 Å². The Morgan fingerprint density at radius 1 is 1.35 bits per heavy atom. The van der Waals surface area contributed by atoms with Crippen molar-refractivity contribution in [3.8, 4) is 0 Å². The third-order valence-corrected chi connectivity index (χ3v) is 5.68. The molecule has 0 bridgehead atoms. The molecule has 1 fully saturated rings. The summed E-state index contributed by atoms with van der Waals surface area (Å²) in [6.45, 7) is 5.00. The number of hydrogen-bond donors (Lipinski definition) is 0. The standard InChI is InChI=1S/C15H22N6O4S/c1-4-20-13(5-7-16-20)15(22)19-8-6-12(14-17-11(2)18-25-14)21(10-9-19)26(3,23)24/h5,7,12H,4,6,8-10H2,1-3H3. The van der Waals surface area contributed by atoms with Gasteiger partial charge in [-0.3, -0.25) is 9.48 Å². The van der Waals surface area contributed by atoms with Crippen molar-refractivity contribution in [2.24, 2.45) is 0 Å². The summed E-state index contributed by atoms with van der Waals surface area (Å²) in [7, 11) is -3.50. The van der Waals surface area contributed by atoms with E-state index in [9.17, 15) is 13.2 Å². The molecular weight excluding hydrogens is 360 g/mol. The third kappa shape index (κ3) is 3.63. The highest BCUT2D eigenvalue weighted by molar-refractivity contribution is 7.88. The van der Waals surface area contributed by atoms with Gasteiger partial charge in [0.05, 0.1) is 6.26 Å². The minimum absolute atomic E-state index is 0.164. The Morgan fingerprint density at radius 3 is 2.73 bits per heavy atom. The first-order valence-electron chi connectivity index (χ1n) is 8.39. The average molecular weight is 382 g/mol. The Morgan fingerprint density at radius 2 is 2.12 bits per heavy atom. The second-order valence-electron chi connectivity index (χ2n) is 6.18. The molecule has 11 heteroatoms. The Hall–Kier alpha value is -2.27. The maximum atomic E-state index is 12.8. The van der Waals surface area contributed by atoms with E-state index in [1.165, 1.54) is 4.31 Å². The molecule has 0 radical (unpaired) electrons. The summed E-state index contributed by atoms with van der Waals surface area (Å²) in [5.74, 6) is 0.526. The fourth-order valence-corrected chi connectivity index (χ4v) is 4.20. The minimum atomic E-state index is -3.50. The van der Waals surface area contributed by atoms with Gasteiger partial charge >= 0.3 is 0 Å². The predicted octanol–water partition coefficient (Wildman–Crippen LogP) is 0.443. The van der Waals surface area contributed by atoms with Crippen LogP contribution in [0.5, 0.6) is 0 Å². The van der Waals surface area contributed by atoms with Gasteiger partial charge in [-0.15, -0.1) is 0 Å². The number of aryl methyl sites for hydroxylation is 2. The van der Waals surface area contributed by atoms with Crippen LogP contribution in [0, 0.1) is 6.92 Å². The molecule has 0 aromatic carbocycles. The second-order valence-corrected chi connectivity index (χ2v) is 8.12. The molecule has 1 unspecified atom stereocenters. The molecule has 10 nitrogen and oxygen atoms in total. The number of rotatable bonds is 4. The second kappa shape index (κ2) is 7.16. The Balaban J connectivity index is 1.86. The van der Waals surface area contributed by atoms with Crippen molar-refractivity contribution in [3.05, 3.63) is 29.7 Å². The summed E-state index contributed by atoms with van der Waals surface area (Å²) in [5, 5.41) is 7.88. The van der Waals surface area contributed by atoms with Crippen LogP contribution < -0.4 is 0 Å². The molecule has 0 spiro atoms. The van der Waals surface area contributed by atoms with Crippen molar-refractivity contribution < 1.29 is 17.7 Å². The van der Waals surface area contributed by atoms with E-state index in [-0.39, 0.29) is 24.9 Å². The lowest BCUT2D eigenvalue weighted by Gasteiger charge is -2.24. The number of nitrogens with zero attached hydrogens (tertiary/aromatic N) is 6. The summed E-state index contributed by atoms with van der Waals surface area (Å²) >= 11 is 0. The van der Waals surface area contributed by atoms with Crippen LogP contribution in [0.1, 0.15) is 41.6 Å². The zero-order chi connectivity index (χ0) is 18.9. The lowest BCUT2D eigenvalue weighted by atomic mass is 10.2. The van der Waals surface area contributed by atoms with Crippen molar-refractivity contribution in [2.45, 2.75) is 32.9 Å². The summed E-state index contributed by atoms with van der Waals surface area (Å²) in [6.07, 6.45) is 3.11. The van der Waals surface area contributed by atoms with E-state index >= 15 is 0 Å². The molecule has 0 saturated carbocycles. The smallest absolute Gasteiger partial charge is 0.272 e. The van der Waals surface area contributed by atoms with Gasteiger partial charge in [0.2, 0.25) is 15.9 Å². The van der Waals surface area contributed by atoms with E-state index < -0.39 is 16.1 Å². The van der Waals surface area contributed by atoms with Gasteiger partial charge in [-0.2, -0.15) is 14.4 Å². The van der Waals surface area contributed by atoms with Crippen molar-refractivity contribution in [1.29, 1.82) is 0 Å². The number of amides is 1. The Labute approximate surface area is 151 Å². The first-order chi connectivity index (χ1) is 12.3. The van der Waals surface area contributed by atoms with Crippen LogP contribution in [0.25, 0.3) is 0 Å². The summed E-state index contributed by atoms with van der Waals surface area (Å²) < 4.78 is 32.7. The average Bonchev–Trinajstić information content (AvgIpc) is 3.16. The normalized spacial score (nSPS) is 19.5. The van der Waals surface area contributed by atoms with Crippen molar-refractivity contribution in [1.82, 2.24) is 29.1 Å². The van der Waals surface area contributed by atoms with Crippen molar-refractivity contribution >= 4 is 15.9 Å². The molecule has 1 amide bonds. The van der Waals surface area contributed by atoms with Crippen LogP contribution in [-0.2, 0) is 16.6 Å². The Kier molecular flexibility index (Phi) is 5.10. The highest BCUT2D eigenvalue weighted by Crippen LogP contribution is 2.28. The monoisotopic (exact) mass is 382 g/mol. The zero-order valence-corrected chi connectivity index (χ0v) is 15.8.